The molecular weight excluding hydrogens is 509 g/mol. The number of thiazole rings is 1. The zero-order chi connectivity index (χ0) is 25.4. The Morgan fingerprint density at radius 3 is 2.71 bits per heavy atom. The fourth-order valence-corrected chi connectivity index (χ4v) is 5.39. The van der Waals surface area contributed by atoms with E-state index >= 15 is 0 Å². The predicted molar refractivity (Wildman–Crippen MR) is 126 cm³/mol. The highest BCUT2D eigenvalue weighted by Crippen LogP contribution is 2.63. The van der Waals surface area contributed by atoms with Gasteiger partial charge in [0.1, 0.15) is 11.5 Å². The van der Waals surface area contributed by atoms with E-state index in [1.54, 1.807) is 20.8 Å². The molecule has 0 radical (unpaired) electrons. The third kappa shape index (κ3) is 8.84. The molecule has 1 aromatic heterocycles. The molecule has 2 rings (SSSR count). The molecular formula is C19H29N3O9PS2+. The average molecular weight is 539 g/mol. The molecule has 12 nitrogen and oxygen atoms in total. The van der Waals surface area contributed by atoms with Crippen molar-refractivity contribution < 1.29 is 42.4 Å². The summed E-state index contributed by atoms with van der Waals surface area (Å²) in [5, 5.41) is 5.23. The molecule has 190 valence electrons. The fraction of sp³-hybridized carbons (Fsp3) is 0.632. The fourth-order valence-electron chi connectivity index (χ4n) is 2.68. The van der Waals surface area contributed by atoms with E-state index in [9.17, 15) is 24.1 Å². The zero-order valence-corrected chi connectivity index (χ0v) is 21.8. The topological polar surface area (TPSA) is 162 Å². The summed E-state index contributed by atoms with van der Waals surface area (Å²) in [5.74, 6) is -1.02. The summed E-state index contributed by atoms with van der Waals surface area (Å²) >= 11 is 2.22. The minimum Gasteiger partial charge on any atom is -0.430 e. The van der Waals surface area contributed by atoms with Crippen LogP contribution < -0.4 is 10.6 Å². The highest BCUT2D eigenvalue weighted by molar-refractivity contribution is 8.13. The van der Waals surface area contributed by atoms with E-state index in [0.717, 1.165) is 23.1 Å². The summed E-state index contributed by atoms with van der Waals surface area (Å²) in [4.78, 5) is 62.3. The maximum atomic E-state index is 12.7. The highest BCUT2D eigenvalue weighted by Gasteiger charge is 2.59. The minimum absolute atomic E-state index is 0.0274. The maximum absolute atomic E-state index is 12.7. The van der Waals surface area contributed by atoms with Crippen LogP contribution in [0.25, 0.3) is 0 Å². The number of amides is 2. The number of carbonyl (C=O) groups excluding carboxylic acids is 4. The van der Waals surface area contributed by atoms with Gasteiger partial charge in [-0.25, -0.2) is 9.78 Å². The average Bonchev–Trinajstić information content (AvgIpc) is 3.19. The van der Waals surface area contributed by atoms with Crippen molar-refractivity contribution in [2.24, 2.45) is 5.41 Å². The van der Waals surface area contributed by atoms with Gasteiger partial charge in [0.05, 0.1) is 11.2 Å². The van der Waals surface area contributed by atoms with Crippen LogP contribution >= 0.6 is 31.3 Å². The van der Waals surface area contributed by atoms with Crippen molar-refractivity contribution in [3.8, 4) is 0 Å². The van der Waals surface area contributed by atoms with Crippen LogP contribution in [0.3, 0.4) is 0 Å². The van der Waals surface area contributed by atoms with Crippen molar-refractivity contribution in [3.05, 3.63) is 16.1 Å². The van der Waals surface area contributed by atoms with E-state index in [4.69, 9.17) is 18.3 Å². The Balaban J connectivity index is 1.79. The molecule has 34 heavy (non-hydrogen) atoms. The number of thioether (sulfide) groups is 1. The maximum Gasteiger partial charge on any atom is 0.576 e. The standard InChI is InChI=1S/C19H28N3O9PS2/c1-12-15(34-10-22-12)18(26)28-11-30-32(27)29-9-19(3,4)16(31-32)17(25)21-6-5-14(24)20-7-8-33-13(2)23/h10,16,27H,5-9,11H2,1-4H3,(H-,20,21,24,25)/p+1/t16-,32?/m0/s1. The van der Waals surface area contributed by atoms with Gasteiger partial charge in [0.15, 0.2) is 11.2 Å². The lowest BCUT2D eigenvalue weighted by atomic mass is 9.87. The monoisotopic (exact) mass is 538 g/mol. The van der Waals surface area contributed by atoms with Crippen LogP contribution in [0.2, 0.25) is 0 Å². The van der Waals surface area contributed by atoms with E-state index < -0.39 is 38.4 Å². The molecule has 1 aliphatic heterocycles. The molecule has 1 fully saturated rings. The van der Waals surface area contributed by atoms with Gasteiger partial charge in [-0.2, -0.15) is 9.42 Å². The molecule has 15 heteroatoms. The Hall–Kier alpha value is -1.67. The van der Waals surface area contributed by atoms with Gasteiger partial charge in [0.25, 0.3) is 5.91 Å². The molecule has 2 heterocycles. The predicted octanol–water partition coefficient (Wildman–Crippen LogP) is 1.60. The summed E-state index contributed by atoms with van der Waals surface area (Å²) in [6.45, 7) is 6.24. The molecule has 0 bridgehead atoms. The van der Waals surface area contributed by atoms with Crippen LogP contribution in [0.5, 0.6) is 0 Å². The Kier molecular flexibility index (Phi) is 10.8. The molecule has 1 aliphatic rings. The Labute approximate surface area is 206 Å². The molecule has 3 N–H and O–H groups in total. The van der Waals surface area contributed by atoms with Gasteiger partial charge >= 0.3 is 14.1 Å². The second kappa shape index (κ2) is 12.9. The van der Waals surface area contributed by atoms with Crippen LogP contribution in [-0.4, -0.2) is 71.1 Å². The summed E-state index contributed by atoms with van der Waals surface area (Å²) in [6.07, 6.45) is -1.10. The van der Waals surface area contributed by atoms with Crippen LogP contribution in [0.1, 0.15) is 42.6 Å². The number of hydrogen-bond acceptors (Lipinski definition) is 12. The third-order valence-electron chi connectivity index (χ3n) is 4.50. The second-order valence-corrected chi connectivity index (χ2v) is 11.7. The number of aryl methyl sites for hydroxylation is 1. The third-order valence-corrected chi connectivity index (χ3v) is 7.59. The van der Waals surface area contributed by atoms with Crippen molar-refractivity contribution in [2.75, 3.05) is 32.2 Å². The van der Waals surface area contributed by atoms with Gasteiger partial charge in [0.2, 0.25) is 12.7 Å². The normalized spacial score (nSPS) is 21.5. The summed E-state index contributed by atoms with van der Waals surface area (Å²) in [7, 11) is -3.94. The van der Waals surface area contributed by atoms with Crippen molar-refractivity contribution in [2.45, 2.75) is 40.2 Å². The Morgan fingerprint density at radius 1 is 1.32 bits per heavy atom. The number of aromatic nitrogens is 1. The van der Waals surface area contributed by atoms with Gasteiger partial charge in [-0.15, -0.1) is 20.4 Å². The number of nitrogens with one attached hydrogen (secondary N) is 2. The number of carbonyl (C=O) groups is 4. The first-order chi connectivity index (χ1) is 15.9. The SMILES string of the molecule is CC(=O)SCCNC(=O)CCNC(=O)[C@@H]1O[P+](O)(OCOC(=O)c2scnc2C)OCC1(C)C. The van der Waals surface area contributed by atoms with Gasteiger partial charge in [0, 0.05) is 37.6 Å². The molecule has 0 spiro atoms. The first kappa shape index (κ1) is 28.6. The number of rotatable bonds is 11. The van der Waals surface area contributed by atoms with Crippen LogP contribution in [0, 0.1) is 12.3 Å². The molecule has 0 aliphatic carbocycles. The molecule has 0 saturated carbocycles. The van der Waals surface area contributed by atoms with Crippen molar-refractivity contribution in [1.29, 1.82) is 0 Å². The quantitative estimate of drug-likeness (QED) is 0.162. The van der Waals surface area contributed by atoms with E-state index in [1.807, 2.05) is 0 Å². The summed E-state index contributed by atoms with van der Waals surface area (Å²) in [6, 6.07) is 0. The number of nitrogens with zero attached hydrogens (tertiary/aromatic N) is 1. The van der Waals surface area contributed by atoms with E-state index in [1.165, 1.54) is 12.4 Å². The molecule has 1 aromatic rings. The van der Waals surface area contributed by atoms with Crippen molar-refractivity contribution in [1.82, 2.24) is 15.6 Å². The molecule has 1 saturated heterocycles. The lowest BCUT2D eigenvalue weighted by Gasteiger charge is -2.36. The van der Waals surface area contributed by atoms with Gasteiger partial charge in [-0.1, -0.05) is 25.6 Å². The molecule has 2 amide bonds. The number of ether oxygens (including phenoxy) is 1. The molecule has 0 aromatic carbocycles. The highest BCUT2D eigenvalue weighted by atomic mass is 32.2. The van der Waals surface area contributed by atoms with Crippen LogP contribution in [0.15, 0.2) is 5.51 Å². The van der Waals surface area contributed by atoms with Crippen molar-refractivity contribution >= 4 is 54.2 Å². The molecule has 1 unspecified atom stereocenters. The van der Waals surface area contributed by atoms with Gasteiger partial charge < -0.3 is 15.4 Å². The van der Waals surface area contributed by atoms with Crippen LogP contribution in [0.4, 0.5) is 0 Å². The number of hydrogen-bond donors (Lipinski definition) is 3. The number of esters is 1. The van der Waals surface area contributed by atoms with Gasteiger partial charge in [-0.3, -0.25) is 14.4 Å². The van der Waals surface area contributed by atoms with Crippen molar-refractivity contribution in [3.63, 3.8) is 0 Å². The Bertz CT molecular complexity index is 898. The lowest BCUT2D eigenvalue weighted by molar-refractivity contribution is -0.146. The summed E-state index contributed by atoms with van der Waals surface area (Å²) < 4.78 is 20.9. The first-order valence-corrected chi connectivity index (χ1v) is 13.6. The van der Waals surface area contributed by atoms with E-state index in [-0.39, 0.29) is 30.6 Å². The van der Waals surface area contributed by atoms with E-state index in [2.05, 4.69) is 15.6 Å². The van der Waals surface area contributed by atoms with Gasteiger partial charge in [-0.05, 0) is 6.92 Å². The lowest BCUT2D eigenvalue weighted by Crippen LogP contribution is -2.50. The zero-order valence-electron chi connectivity index (χ0n) is 19.3. The van der Waals surface area contributed by atoms with E-state index in [0.29, 0.717) is 22.9 Å². The smallest absolute Gasteiger partial charge is 0.430 e. The largest absolute Gasteiger partial charge is 0.576 e. The second-order valence-electron chi connectivity index (χ2n) is 7.89. The Morgan fingerprint density at radius 2 is 2.06 bits per heavy atom. The van der Waals surface area contributed by atoms with Crippen LogP contribution in [-0.2, 0) is 32.7 Å². The summed E-state index contributed by atoms with van der Waals surface area (Å²) in [5.41, 5.74) is 1.21. The first-order valence-electron chi connectivity index (χ1n) is 10.3. The molecule has 2 atom stereocenters. The minimum atomic E-state index is -3.94.